The molecule has 1 saturated heterocycles. The minimum Gasteiger partial charge on any atom is -0.497 e. The molecule has 3 rings (SSSR count). The zero-order valence-electron chi connectivity index (χ0n) is 15.9. The summed E-state index contributed by atoms with van der Waals surface area (Å²) in [4.78, 5) is 16.0. The summed E-state index contributed by atoms with van der Waals surface area (Å²) in [6, 6.07) is 14.2. The molecule has 27 heavy (non-hydrogen) atoms. The first-order valence-corrected chi connectivity index (χ1v) is 9.32. The van der Waals surface area contributed by atoms with Crippen molar-refractivity contribution in [1.29, 1.82) is 0 Å². The van der Waals surface area contributed by atoms with Crippen molar-refractivity contribution in [2.45, 2.75) is 19.5 Å². The van der Waals surface area contributed by atoms with E-state index in [4.69, 9.17) is 4.74 Å². The van der Waals surface area contributed by atoms with Crippen LogP contribution in [0, 0.1) is 5.82 Å². The van der Waals surface area contributed by atoms with E-state index in [1.165, 1.54) is 17.0 Å². The first-order chi connectivity index (χ1) is 13.1. The number of piperazine rings is 1. The lowest BCUT2D eigenvalue weighted by molar-refractivity contribution is -0.914. The number of methoxy groups -OCH3 is 1. The Hall–Kier alpha value is -2.60. The van der Waals surface area contributed by atoms with Gasteiger partial charge in [-0.25, -0.2) is 4.39 Å². The summed E-state index contributed by atoms with van der Waals surface area (Å²) in [5.74, 6) is 0.656. The first kappa shape index (κ1) is 19.2. The molecule has 1 fully saturated rings. The predicted molar refractivity (Wildman–Crippen MR) is 104 cm³/mol. The summed E-state index contributed by atoms with van der Waals surface area (Å²) >= 11 is 0. The molecule has 0 aromatic heterocycles. The Kier molecular flexibility index (Phi) is 6.29. The number of nitrogens with one attached hydrogen (secondary N) is 2. The van der Waals surface area contributed by atoms with Gasteiger partial charge in [-0.3, -0.25) is 4.79 Å². The lowest BCUT2D eigenvalue weighted by atomic mass is 10.1. The molecule has 1 aliphatic heterocycles. The van der Waals surface area contributed by atoms with Gasteiger partial charge >= 0.3 is 0 Å². The number of carbonyl (C=O) groups is 1. The van der Waals surface area contributed by atoms with Gasteiger partial charge in [0.2, 0.25) is 0 Å². The molecule has 1 aliphatic rings. The van der Waals surface area contributed by atoms with Crippen LogP contribution >= 0.6 is 0 Å². The number of amides is 1. The topological polar surface area (TPSA) is 46.0 Å². The Bertz CT molecular complexity index is 741. The van der Waals surface area contributed by atoms with E-state index in [1.54, 1.807) is 7.11 Å². The number of halogens is 1. The summed E-state index contributed by atoms with van der Waals surface area (Å²) < 4.78 is 18.2. The monoisotopic (exact) mass is 372 g/mol. The summed E-state index contributed by atoms with van der Waals surface area (Å²) in [5.41, 5.74) is 2.08. The normalized spacial score (nSPS) is 16.0. The van der Waals surface area contributed by atoms with Gasteiger partial charge in [0.1, 0.15) is 11.6 Å². The number of benzene rings is 2. The molecule has 0 bridgehead atoms. The molecule has 0 unspecified atom stereocenters. The van der Waals surface area contributed by atoms with Gasteiger partial charge in [-0.2, -0.15) is 0 Å². The van der Waals surface area contributed by atoms with Crippen molar-refractivity contribution in [2.24, 2.45) is 0 Å². The fraction of sp³-hybridized carbons (Fsp3) is 0.381. The van der Waals surface area contributed by atoms with Crippen LogP contribution in [0.15, 0.2) is 48.5 Å². The lowest BCUT2D eigenvalue weighted by Crippen LogP contribution is -3.19. The highest BCUT2D eigenvalue weighted by atomic mass is 19.1. The van der Waals surface area contributed by atoms with Crippen LogP contribution in [0.4, 0.5) is 10.1 Å². The third-order valence-corrected chi connectivity index (χ3v) is 5.23. The number of carbonyl (C=O) groups excluding carboxylic acids is 1. The van der Waals surface area contributed by atoms with Crippen LogP contribution in [0.3, 0.4) is 0 Å². The van der Waals surface area contributed by atoms with Crippen molar-refractivity contribution < 1.29 is 18.8 Å². The molecule has 1 amide bonds. The van der Waals surface area contributed by atoms with E-state index in [1.807, 2.05) is 43.3 Å². The molecule has 0 saturated carbocycles. The molecule has 0 spiro atoms. The van der Waals surface area contributed by atoms with Crippen LogP contribution in [-0.2, 0) is 11.3 Å². The number of quaternary nitrogens is 1. The number of nitrogens with zero attached hydrogens (tertiary/aromatic N) is 1. The second-order valence-corrected chi connectivity index (χ2v) is 6.91. The van der Waals surface area contributed by atoms with Crippen LogP contribution in [0.5, 0.6) is 5.75 Å². The quantitative estimate of drug-likeness (QED) is 0.802. The summed E-state index contributed by atoms with van der Waals surface area (Å²) in [6.45, 7) is 5.98. The van der Waals surface area contributed by atoms with E-state index in [0.717, 1.165) is 43.2 Å². The first-order valence-electron chi connectivity index (χ1n) is 9.32. The zero-order chi connectivity index (χ0) is 19.2. The molecule has 1 heterocycles. The van der Waals surface area contributed by atoms with Crippen molar-refractivity contribution in [3.8, 4) is 5.75 Å². The molecule has 6 heteroatoms. The second kappa shape index (κ2) is 8.86. The van der Waals surface area contributed by atoms with Crippen molar-refractivity contribution in [2.75, 3.05) is 38.2 Å². The number of hydrogen-bond donors (Lipinski definition) is 2. The smallest absolute Gasteiger partial charge is 0.278 e. The van der Waals surface area contributed by atoms with E-state index in [0.29, 0.717) is 6.54 Å². The molecular formula is C21H27FN3O2+. The maximum atomic E-state index is 13.1. The summed E-state index contributed by atoms with van der Waals surface area (Å²) in [6.07, 6.45) is 0. The van der Waals surface area contributed by atoms with E-state index < -0.39 is 0 Å². The summed E-state index contributed by atoms with van der Waals surface area (Å²) in [7, 11) is 1.64. The van der Waals surface area contributed by atoms with Gasteiger partial charge in [0.25, 0.3) is 5.91 Å². The molecule has 0 radical (unpaired) electrons. The van der Waals surface area contributed by atoms with E-state index >= 15 is 0 Å². The summed E-state index contributed by atoms with van der Waals surface area (Å²) in [5, 5.41) is 3.03. The molecule has 0 aliphatic carbocycles. The van der Waals surface area contributed by atoms with Crippen LogP contribution in [0.2, 0.25) is 0 Å². The second-order valence-electron chi connectivity index (χ2n) is 6.91. The van der Waals surface area contributed by atoms with Gasteiger partial charge in [0.15, 0.2) is 6.04 Å². The van der Waals surface area contributed by atoms with Gasteiger partial charge in [0.05, 0.1) is 33.3 Å². The van der Waals surface area contributed by atoms with Crippen LogP contribution < -0.4 is 19.9 Å². The number of hydrogen-bond acceptors (Lipinski definition) is 3. The Morgan fingerprint density at radius 1 is 1.15 bits per heavy atom. The molecular weight excluding hydrogens is 345 g/mol. The Morgan fingerprint density at radius 2 is 1.78 bits per heavy atom. The molecule has 1 atom stereocenters. The van der Waals surface area contributed by atoms with Crippen molar-refractivity contribution >= 4 is 11.6 Å². The van der Waals surface area contributed by atoms with Gasteiger partial charge in [-0.05, 0) is 48.9 Å². The van der Waals surface area contributed by atoms with Gasteiger partial charge in [0, 0.05) is 12.2 Å². The van der Waals surface area contributed by atoms with Crippen molar-refractivity contribution in [3.63, 3.8) is 0 Å². The van der Waals surface area contributed by atoms with E-state index in [9.17, 15) is 9.18 Å². The Morgan fingerprint density at radius 3 is 2.37 bits per heavy atom. The van der Waals surface area contributed by atoms with Gasteiger partial charge in [-0.15, -0.1) is 0 Å². The van der Waals surface area contributed by atoms with Crippen LogP contribution in [0.25, 0.3) is 0 Å². The third kappa shape index (κ3) is 4.98. The highest BCUT2D eigenvalue weighted by Crippen LogP contribution is 2.14. The minimum absolute atomic E-state index is 0.0658. The molecule has 2 N–H and O–H groups in total. The van der Waals surface area contributed by atoms with Gasteiger partial charge < -0.3 is 19.9 Å². The van der Waals surface area contributed by atoms with Crippen molar-refractivity contribution in [3.05, 3.63) is 59.9 Å². The number of anilines is 1. The lowest BCUT2D eigenvalue weighted by Gasteiger charge is -2.36. The van der Waals surface area contributed by atoms with Gasteiger partial charge in [-0.1, -0.05) is 12.1 Å². The van der Waals surface area contributed by atoms with Crippen LogP contribution in [-0.4, -0.2) is 45.2 Å². The Balaban J connectivity index is 1.47. The standard InChI is InChI=1S/C21H26FN3O2/c1-16(21(26)23-15-17-3-9-20(27-2)10-4-17)24-11-13-25(14-12-24)19-7-5-18(22)6-8-19/h3-10,16H,11-15H2,1-2H3,(H,23,26)/p+1/t16-/m0/s1. The average Bonchev–Trinajstić information content (AvgIpc) is 2.72. The maximum Gasteiger partial charge on any atom is 0.278 e. The van der Waals surface area contributed by atoms with Crippen molar-refractivity contribution in [1.82, 2.24) is 5.32 Å². The SMILES string of the molecule is COc1ccc(CNC(=O)[C@H](C)[NH+]2CCN(c3ccc(F)cc3)CC2)cc1. The van der Waals surface area contributed by atoms with E-state index in [2.05, 4.69) is 10.2 Å². The number of ether oxygens (including phenoxy) is 1. The Labute approximate surface area is 159 Å². The third-order valence-electron chi connectivity index (χ3n) is 5.23. The molecule has 2 aromatic carbocycles. The minimum atomic E-state index is -0.217. The maximum absolute atomic E-state index is 13.1. The molecule has 144 valence electrons. The molecule has 5 nitrogen and oxygen atoms in total. The fourth-order valence-corrected chi connectivity index (χ4v) is 3.41. The fourth-order valence-electron chi connectivity index (χ4n) is 3.41. The highest BCUT2D eigenvalue weighted by Gasteiger charge is 2.29. The van der Waals surface area contributed by atoms with Crippen LogP contribution in [0.1, 0.15) is 12.5 Å². The average molecular weight is 372 g/mol. The zero-order valence-corrected chi connectivity index (χ0v) is 15.9. The highest BCUT2D eigenvalue weighted by molar-refractivity contribution is 5.79. The predicted octanol–water partition coefficient (Wildman–Crippen LogP) is 1.24. The number of rotatable bonds is 6. The largest absolute Gasteiger partial charge is 0.497 e. The van der Waals surface area contributed by atoms with E-state index in [-0.39, 0.29) is 17.8 Å². The molecule has 2 aromatic rings.